The summed E-state index contributed by atoms with van der Waals surface area (Å²) in [4.78, 5) is 4.22. The van der Waals surface area contributed by atoms with Crippen molar-refractivity contribution in [3.63, 3.8) is 0 Å². The third kappa shape index (κ3) is 4.00. The molecule has 0 fully saturated rings. The van der Waals surface area contributed by atoms with E-state index in [1.165, 1.54) is 0 Å². The fourth-order valence-corrected chi connectivity index (χ4v) is 1.30. The molecule has 1 atom stereocenters. The topological polar surface area (TPSA) is 24.9 Å². The van der Waals surface area contributed by atoms with Crippen LogP contribution in [0, 0.1) is 0 Å². The SMILES string of the molecule is CSC(C)CNc1ccc(Br)cn1. The van der Waals surface area contributed by atoms with Crippen LogP contribution in [0.1, 0.15) is 6.92 Å². The molecule has 0 aromatic carbocycles. The molecule has 72 valence electrons. The molecule has 0 aliphatic carbocycles. The van der Waals surface area contributed by atoms with Gasteiger partial charge in [0.1, 0.15) is 5.82 Å². The Kier molecular flexibility index (Phi) is 4.59. The Labute approximate surface area is 91.7 Å². The lowest BCUT2D eigenvalue weighted by Crippen LogP contribution is -2.13. The Morgan fingerprint density at radius 2 is 2.38 bits per heavy atom. The molecule has 1 N–H and O–H groups in total. The van der Waals surface area contributed by atoms with Crippen LogP contribution in [0.2, 0.25) is 0 Å². The second kappa shape index (κ2) is 5.50. The van der Waals surface area contributed by atoms with Crippen molar-refractivity contribution in [3.8, 4) is 0 Å². The third-order valence-corrected chi connectivity index (χ3v) is 3.14. The smallest absolute Gasteiger partial charge is 0.125 e. The molecule has 13 heavy (non-hydrogen) atoms. The summed E-state index contributed by atoms with van der Waals surface area (Å²) in [7, 11) is 0. The minimum atomic E-state index is 0.616. The number of anilines is 1. The molecule has 0 bridgehead atoms. The van der Waals surface area contributed by atoms with E-state index in [-0.39, 0.29) is 0 Å². The van der Waals surface area contributed by atoms with Gasteiger partial charge in [-0.15, -0.1) is 0 Å². The number of nitrogens with zero attached hydrogens (tertiary/aromatic N) is 1. The van der Waals surface area contributed by atoms with E-state index < -0.39 is 0 Å². The molecule has 0 amide bonds. The van der Waals surface area contributed by atoms with Gasteiger partial charge in [0.2, 0.25) is 0 Å². The molecule has 0 saturated heterocycles. The predicted octanol–water partition coefficient (Wildman–Crippen LogP) is 3.01. The Morgan fingerprint density at radius 1 is 1.62 bits per heavy atom. The summed E-state index contributed by atoms with van der Waals surface area (Å²) >= 11 is 5.19. The van der Waals surface area contributed by atoms with Crippen molar-refractivity contribution in [2.24, 2.45) is 0 Å². The summed E-state index contributed by atoms with van der Waals surface area (Å²) < 4.78 is 1.01. The van der Waals surface area contributed by atoms with E-state index in [1.54, 1.807) is 6.20 Å². The van der Waals surface area contributed by atoms with Gasteiger partial charge < -0.3 is 5.32 Å². The molecule has 4 heteroatoms. The highest BCUT2D eigenvalue weighted by atomic mass is 79.9. The molecule has 0 radical (unpaired) electrons. The normalized spacial score (nSPS) is 12.5. The molecule has 0 saturated carbocycles. The van der Waals surface area contributed by atoms with Crippen molar-refractivity contribution in [3.05, 3.63) is 22.8 Å². The van der Waals surface area contributed by atoms with E-state index in [9.17, 15) is 0 Å². The lowest BCUT2D eigenvalue weighted by Gasteiger charge is -2.09. The first-order valence-electron chi connectivity index (χ1n) is 4.10. The number of nitrogens with one attached hydrogen (secondary N) is 1. The van der Waals surface area contributed by atoms with Crippen molar-refractivity contribution in [1.29, 1.82) is 0 Å². The summed E-state index contributed by atoms with van der Waals surface area (Å²) in [6, 6.07) is 3.95. The summed E-state index contributed by atoms with van der Waals surface area (Å²) in [6.07, 6.45) is 3.91. The van der Waals surface area contributed by atoms with Crippen molar-refractivity contribution < 1.29 is 0 Å². The highest BCUT2D eigenvalue weighted by Crippen LogP contribution is 2.11. The number of hydrogen-bond donors (Lipinski definition) is 1. The van der Waals surface area contributed by atoms with Gasteiger partial charge in [-0.3, -0.25) is 0 Å². The van der Waals surface area contributed by atoms with E-state index in [0.29, 0.717) is 5.25 Å². The van der Waals surface area contributed by atoms with Crippen LogP contribution in [0.5, 0.6) is 0 Å². The number of thioether (sulfide) groups is 1. The van der Waals surface area contributed by atoms with Crippen molar-refractivity contribution in [2.45, 2.75) is 12.2 Å². The zero-order chi connectivity index (χ0) is 9.68. The zero-order valence-electron chi connectivity index (χ0n) is 7.75. The lowest BCUT2D eigenvalue weighted by atomic mass is 10.4. The average Bonchev–Trinajstić information content (AvgIpc) is 2.16. The van der Waals surface area contributed by atoms with Gasteiger partial charge >= 0.3 is 0 Å². The summed E-state index contributed by atoms with van der Waals surface area (Å²) in [5.74, 6) is 0.934. The molecular weight excluding hydrogens is 248 g/mol. The largest absolute Gasteiger partial charge is 0.369 e. The maximum absolute atomic E-state index is 4.22. The van der Waals surface area contributed by atoms with Gasteiger partial charge in [-0.2, -0.15) is 11.8 Å². The highest BCUT2D eigenvalue weighted by Gasteiger charge is 1.98. The molecule has 0 aliphatic rings. The van der Waals surface area contributed by atoms with Crippen LogP contribution in [0.3, 0.4) is 0 Å². The van der Waals surface area contributed by atoms with Crippen molar-refractivity contribution in [2.75, 3.05) is 18.1 Å². The maximum atomic E-state index is 4.22. The summed E-state index contributed by atoms with van der Waals surface area (Å²) in [6.45, 7) is 3.15. The monoisotopic (exact) mass is 260 g/mol. The van der Waals surface area contributed by atoms with Gasteiger partial charge in [0, 0.05) is 22.5 Å². The van der Waals surface area contributed by atoms with Crippen molar-refractivity contribution in [1.82, 2.24) is 4.98 Å². The van der Waals surface area contributed by atoms with Crippen LogP contribution in [0.25, 0.3) is 0 Å². The molecule has 1 heterocycles. The zero-order valence-corrected chi connectivity index (χ0v) is 10.2. The second-order valence-corrected chi connectivity index (χ2v) is 4.98. The first kappa shape index (κ1) is 10.9. The third-order valence-electron chi connectivity index (χ3n) is 1.70. The maximum Gasteiger partial charge on any atom is 0.125 e. The number of halogens is 1. The number of hydrogen-bond acceptors (Lipinski definition) is 3. The van der Waals surface area contributed by atoms with Gasteiger partial charge in [0.25, 0.3) is 0 Å². The predicted molar refractivity (Wildman–Crippen MR) is 63.4 cm³/mol. The van der Waals surface area contributed by atoms with E-state index >= 15 is 0 Å². The Hall–Kier alpha value is -0.220. The first-order valence-corrected chi connectivity index (χ1v) is 6.18. The van der Waals surface area contributed by atoms with Gasteiger partial charge in [0.15, 0.2) is 0 Å². The number of aromatic nitrogens is 1. The van der Waals surface area contributed by atoms with E-state index in [2.05, 4.69) is 39.4 Å². The summed E-state index contributed by atoms with van der Waals surface area (Å²) in [5, 5.41) is 3.89. The minimum absolute atomic E-state index is 0.616. The van der Waals surface area contributed by atoms with Crippen LogP contribution >= 0.6 is 27.7 Å². The standard InChI is InChI=1S/C9H13BrN2S/c1-7(13-2)5-11-9-4-3-8(10)6-12-9/h3-4,6-7H,5H2,1-2H3,(H,11,12). The minimum Gasteiger partial charge on any atom is -0.369 e. The molecule has 0 aliphatic heterocycles. The van der Waals surface area contributed by atoms with E-state index in [1.807, 2.05) is 23.9 Å². The fourth-order valence-electron chi connectivity index (χ4n) is 0.812. The van der Waals surface area contributed by atoms with E-state index in [4.69, 9.17) is 0 Å². The second-order valence-electron chi connectivity index (χ2n) is 2.79. The lowest BCUT2D eigenvalue weighted by molar-refractivity contribution is 0.991. The van der Waals surface area contributed by atoms with Crippen molar-refractivity contribution >= 4 is 33.5 Å². The Bertz CT molecular complexity index is 250. The van der Waals surface area contributed by atoms with Crippen LogP contribution in [-0.2, 0) is 0 Å². The first-order chi connectivity index (χ1) is 6.22. The van der Waals surface area contributed by atoms with Gasteiger partial charge in [0.05, 0.1) is 0 Å². The van der Waals surface area contributed by atoms with E-state index in [0.717, 1.165) is 16.8 Å². The average molecular weight is 261 g/mol. The van der Waals surface area contributed by atoms with Crippen LogP contribution < -0.4 is 5.32 Å². The van der Waals surface area contributed by atoms with Gasteiger partial charge in [-0.05, 0) is 34.3 Å². The molecular formula is C9H13BrN2S. The van der Waals surface area contributed by atoms with Crippen LogP contribution in [0.15, 0.2) is 22.8 Å². The number of rotatable bonds is 4. The molecule has 1 aromatic rings. The molecule has 1 rings (SSSR count). The van der Waals surface area contributed by atoms with Crippen LogP contribution in [-0.4, -0.2) is 23.0 Å². The highest BCUT2D eigenvalue weighted by molar-refractivity contribution is 9.10. The van der Waals surface area contributed by atoms with Gasteiger partial charge in [-0.1, -0.05) is 6.92 Å². The Balaban J connectivity index is 2.41. The molecule has 0 spiro atoms. The Morgan fingerprint density at radius 3 is 2.92 bits per heavy atom. The quantitative estimate of drug-likeness (QED) is 0.901. The van der Waals surface area contributed by atoms with Gasteiger partial charge in [-0.25, -0.2) is 4.98 Å². The van der Waals surface area contributed by atoms with Crippen LogP contribution in [0.4, 0.5) is 5.82 Å². The number of pyridine rings is 1. The molecule has 1 unspecified atom stereocenters. The molecule has 1 aromatic heterocycles. The summed E-state index contributed by atoms with van der Waals surface area (Å²) in [5.41, 5.74) is 0. The fraction of sp³-hybridized carbons (Fsp3) is 0.444. The molecule has 2 nitrogen and oxygen atoms in total.